The molecule has 0 aliphatic heterocycles. The van der Waals surface area contributed by atoms with Crippen molar-refractivity contribution in [1.29, 1.82) is 0 Å². The number of fused-ring (bicyclic) bond motifs is 5. The van der Waals surface area contributed by atoms with Crippen molar-refractivity contribution in [3.63, 3.8) is 0 Å². The van der Waals surface area contributed by atoms with E-state index in [-0.39, 0.29) is 16.9 Å². The Morgan fingerprint density at radius 2 is 1.91 bits per heavy atom. The van der Waals surface area contributed by atoms with Crippen molar-refractivity contribution in [3.05, 3.63) is 11.6 Å². The van der Waals surface area contributed by atoms with E-state index in [0.29, 0.717) is 24.1 Å². The summed E-state index contributed by atoms with van der Waals surface area (Å²) in [7, 11) is 0. The molecule has 3 heteroatoms. The van der Waals surface area contributed by atoms with Gasteiger partial charge < -0.3 is 4.74 Å². The fourth-order valence-corrected chi connectivity index (χ4v) is 6.80. The third-order valence-corrected chi connectivity index (χ3v) is 8.09. The molecule has 0 aromatic carbocycles. The van der Waals surface area contributed by atoms with E-state index in [2.05, 4.69) is 13.8 Å². The van der Waals surface area contributed by atoms with Gasteiger partial charge in [-0.1, -0.05) is 19.4 Å². The highest BCUT2D eigenvalue weighted by Crippen LogP contribution is 2.65. The summed E-state index contributed by atoms with van der Waals surface area (Å²) < 4.78 is 5.46. The Balaban J connectivity index is 1.64. The van der Waals surface area contributed by atoms with Crippen LogP contribution in [0.2, 0.25) is 0 Å². The first-order chi connectivity index (χ1) is 11.0. The molecular weight excluding hydrogens is 288 g/mol. The zero-order valence-electron chi connectivity index (χ0n) is 14.3. The van der Waals surface area contributed by atoms with E-state index in [1.807, 2.05) is 6.08 Å². The fraction of sp³-hybridized carbons (Fsp3) is 0.800. The summed E-state index contributed by atoms with van der Waals surface area (Å²) >= 11 is 0. The molecule has 0 aromatic heterocycles. The van der Waals surface area contributed by atoms with Gasteiger partial charge in [0.15, 0.2) is 5.78 Å². The summed E-state index contributed by atoms with van der Waals surface area (Å²) in [5.41, 5.74) is 1.84. The van der Waals surface area contributed by atoms with E-state index in [1.54, 1.807) is 0 Å². The standard InChI is InChI=1S/C20H28O3/c1-19-9-7-14(22)11-13(19)3-4-15-16-5-6-18(23-12-21)20(16,2)10-8-17(15)19/h11-12,15-18H,3-10H2,1-2H3. The van der Waals surface area contributed by atoms with E-state index in [1.165, 1.54) is 24.8 Å². The van der Waals surface area contributed by atoms with Crippen LogP contribution in [0.3, 0.4) is 0 Å². The van der Waals surface area contributed by atoms with Gasteiger partial charge >= 0.3 is 0 Å². The molecule has 0 saturated heterocycles. The lowest BCUT2D eigenvalue weighted by Crippen LogP contribution is -2.51. The average molecular weight is 316 g/mol. The highest BCUT2D eigenvalue weighted by atomic mass is 16.5. The van der Waals surface area contributed by atoms with Crippen LogP contribution in [0, 0.1) is 28.6 Å². The molecule has 6 unspecified atom stereocenters. The molecule has 0 amide bonds. The molecule has 0 bridgehead atoms. The molecular formula is C20H28O3. The molecule has 0 N–H and O–H groups in total. The van der Waals surface area contributed by atoms with Crippen molar-refractivity contribution >= 4 is 12.3 Å². The Hall–Kier alpha value is -1.12. The first-order valence-electron chi connectivity index (χ1n) is 9.32. The van der Waals surface area contributed by atoms with E-state index in [9.17, 15) is 9.59 Å². The van der Waals surface area contributed by atoms with Crippen LogP contribution in [0.4, 0.5) is 0 Å². The topological polar surface area (TPSA) is 43.4 Å². The van der Waals surface area contributed by atoms with E-state index in [0.717, 1.165) is 38.0 Å². The van der Waals surface area contributed by atoms with Crippen molar-refractivity contribution in [2.24, 2.45) is 28.6 Å². The highest BCUT2D eigenvalue weighted by molar-refractivity contribution is 5.91. The molecule has 0 spiro atoms. The van der Waals surface area contributed by atoms with Crippen molar-refractivity contribution < 1.29 is 14.3 Å². The second-order valence-corrected chi connectivity index (χ2v) is 8.81. The minimum atomic E-state index is 0.114. The lowest BCUT2D eigenvalue weighted by atomic mass is 9.47. The van der Waals surface area contributed by atoms with Crippen LogP contribution in [-0.4, -0.2) is 18.4 Å². The van der Waals surface area contributed by atoms with Gasteiger partial charge in [-0.2, -0.15) is 0 Å². The van der Waals surface area contributed by atoms with Crippen LogP contribution in [-0.2, 0) is 14.3 Å². The summed E-state index contributed by atoms with van der Waals surface area (Å²) in [4.78, 5) is 22.7. The van der Waals surface area contributed by atoms with Gasteiger partial charge in [0.2, 0.25) is 0 Å². The summed E-state index contributed by atoms with van der Waals surface area (Å²) in [6, 6.07) is 0. The SMILES string of the molecule is CC12CCC(=O)C=C1CCC1C2CCC2(C)C(OC=O)CCC12. The second-order valence-electron chi connectivity index (χ2n) is 8.81. The van der Waals surface area contributed by atoms with Gasteiger partial charge in [0.05, 0.1) is 0 Å². The van der Waals surface area contributed by atoms with Crippen LogP contribution in [0.15, 0.2) is 11.6 Å². The van der Waals surface area contributed by atoms with E-state index < -0.39 is 0 Å². The molecule has 4 rings (SSSR count). The van der Waals surface area contributed by atoms with Gasteiger partial charge in [-0.05, 0) is 74.2 Å². The van der Waals surface area contributed by atoms with Gasteiger partial charge in [-0.15, -0.1) is 0 Å². The molecule has 4 aliphatic rings. The molecule has 4 aliphatic carbocycles. The molecule has 3 saturated carbocycles. The van der Waals surface area contributed by atoms with Gasteiger partial charge in [0.25, 0.3) is 6.47 Å². The summed E-state index contributed by atoms with van der Waals surface area (Å²) in [5.74, 6) is 2.46. The van der Waals surface area contributed by atoms with Crippen molar-refractivity contribution in [3.8, 4) is 0 Å². The smallest absolute Gasteiger partial charge is 0.293 e. The number of allylic oxidation sites excluding steroid dienone is 1. The van der Waals surface area contributed by atoms with Crippen molar-refractivity contribution in [2.45, 2.75) is 71.3 Å². The molecule has 0 radical (unpaired) electrons. The van der Waals surface area contributed by atoms with Crippen LogP contribution in [0.25, 0.3) is 0 Å². The third kappa shape index (κ3) is 2.08. The maximum atomic E-state index is 11.8. The average Bonchev–Trinajstić information content (AvgIpc) is 2.85. The fourth-order valence-electron chi connectivity index (χ4n) is 6.80. The number of carbonyl (C=O) groups excluding carboxylic acids is 2. The maximum absolute atomic E-state index is 11.8. The number of ether oxygens (including phenoxy) is 1. The second kappa shape index (κ2) is 5.19. The molecule has 0 heterocycles. The van der Waals surface area contributed by atoms with Gasteiger partial charge in [-0.25, -0.2) is 0 Å². The van der Waals surface area contributed by atoms with Crippen molar-refractivity contribution in [2.75, 3.05) is 0 Å². The number of ketones is 1. The van der Waals surface area contributed by atoms with Crippen LogP contribution in [0.5, 0.6) is 0 Å². The highest BCUT2D eigenvalue weighted by Gasteiger charge is 2.59. The Bertz CT molecular complexity index is 565. The predicted molar refractivity (Wildman–Crippen MR) is 87.6 cm³/mol. The van der Waals surface area contributed by atoms with Gasteiger partial charge in [0, 0.05) is 11.8 Å². The minimum absolute atomic E-state index is 0.114. The first kappa shape index (κ1) is 15.4. The first-order valence-corrected chi connectivity index (χ1v) is 9.32. The van der Waals surface area contributed by atoms with Crippen LogP contribution >= 0.6 is 0 Å². The predicted octanol–water partition coefficient (Wildman–Crippen LogP) is 4.06. The lowest BCUT2D eigenvalue weighted by Gasteiger charge is -2.57. The monoisotopic (exact) mass is 316 g/mol. The summed E-state index contributed by atoms with van der Waals surface area (Å²) in [5, 5.41) is 0. The zero-order chi connectivity index (χ0) is 16.2. The number of carbonyl (C=O) groups is 2. The van der Waals surface area contributed by atoms with E-state index in [4.69, 9.17) is 4.74 Å². The largest absolute Gasteiger partial charge is 0.464 e. The number of hydrogen-bond donors (Lipinski definition) is 0. The number of hydrogen-bond acceptors (Lipinski definition) is 3. The molecule has 6 atom stereocenters. The Kier molecular flexibility index (Phi) is 3.48. The molecule has 3 nitrogen and oxygen atoms in total. The van der Waals surface area contributed by atoms with Gasteiger partial charge in [-0.3, -0.25) is 9.59 Å². The Morgan fingerprint density at radius 3 is 2.70 bits per heavy atom. The Labute approximate surface area is 138 Å². The molecule has 3 fully saturated rings. The molecule has 126 valence electrons. The Morgan fingerprint density at radius 1 is 1.09 bits per heavy atom. The summed E-state index contributed by atoms with van der Waals surface area (Å²) in [6.45, 7) is 5.42. The molecule has 23 heavy (non-hydrogen) atoms. The normalized spacial score (nSPS) is 48.8. The zero-order valence-corrected chi connectivity index (χ0v) is 14.3. The van der Waals surface area contributed by atoms with Gasteiger partial charge in [0.1, 0.15) is 6.10 Å². The lowest BCUT2D eigenvalue weighted by molar-refractivity contribution is -0.144. The quantitative estimate of drug-likeness (QED) is 0.722. The van der Waals surface area contributed by atoms with E-state index >= 15 is 0 Å². The molecule has 0 aromatic rings. The minimum Gasteiger partial charge on any atom is -0.464 e. The van der Waals surface area contributed by atoms with Crippen LogP contribution < -0.4 is 0 Å². The summed E-state index contributed by atoms with van der Waals surface area (Å²) in [6.07, 6.45) is 10.8. The van der Waals surface area contributed by atoms with Crippen molar-refractivity contribution in [1.82, 2.24) is 0 Å². The number of rotatable bonds is 2. The van der Waals surface area contributed by atoms with Crippen LogP contribution in [0.1, 0.15) is 65.2 Å². The third-order valence-electron chi connectivity index (χ3n) is 8.09. The maximum Gasteiger partial charge on any atom is 0.293 e.